The highest BCUT2D eigenvalue weighted by Gasteiger charge is 2.31. The van der Waals surface area contributed by atoms with Gasteiger partial charge in [-0.2, -0.15) is 0 Å². The van der Waals surface area contributed by atoms with Crippen LogP contribution in [-0.4, -0.2) is 29.1 Å². The first-order valence-corrected chi connectivity index (χ1v) is 13.2. The second-order valence-electron chi connectivity index (χ2n) is 10.5. The van der Waals surface area contributed by atoms with E-state index in [4.69, 9.17) is 0 Å². The molecule has 3 rings (SSSR count). The van der Waals surface area contributed by atoms with Crippen molar-refractivity contribution < 1.29 is 14.7 Å². The Hall–Kier alpha value is -3.60. The van der Waals surface area contributed by atoms with Crippen LogP contribution in [0.1, 0.15) is 68.9 Å². The third kappa shape index (κ3) is 6.79. The molecule has 0 unspecified atom stereocenters. The number of hydrogen-bond acceptors (Lipinski definition) is 3. The van der Waals surface area contributed by atoms with Crippen LogP contribution in [0.15, 0.2) is 66.7 Å². The summed E-state index contributed by atoms with van der Waals surface area (Å²) in [5, 5.41) is 12.9. The molecule has 0 heterocycles. The van der Waals surface area contributed by atoms with Crippen molar-refractivity contribution in [3.63, 3.8) is 0 Å². The average Bonchev–Trinajstić information content (AvgIpc) is 2.88. The molecule has 2 N–H and O–H groups in total. The van der Waals surface area contributed by atoms with Gasteiger partial charge >= 0.3 is 5.97 Å². The van der Waals surface area contributed by atoms with E-state index in [1.54, 1.807) is 12.1 Å². The van der Waals surface area contributed by atoms with Crippen LogP contribution < -0.4 is 10.2 Å². The number of benzene rings is 3. The molecule has 0 aliphatic heterocycles. The molecule has 0 spiro atoms. The molecule has 0 saturated carbocycles. The lowest BCUT2D eigenvalue weighted by Gasteiger charge is -2.44. The average molecular weight is 501 g/mol. The number of aromatic carboxylic acids is 1. The van der Waals surface area contributed by atoms with Crippen LogP contribution in [-0.2, 0) is 11.2 Å². The fourth-order valence-corrected chi connectivity index (χ4v) is 4.65. The molecule has 3 aromatic carbocycles. The lowest BCUT2D eigenvalue weighted by molar-refractivity contribution is -0.115. The van der Waals surface area contributed by atoms with Gasteiger partial charge in [-0.25, -0.2) is 4.79 Å². The van der Waals surface area contributed by atoms with Crippen molar-refractivity contribution in [3.05, 3.63) is 83.4 Å². The number of nitrogens with zero attached hydrogens (tertiary/aromatic N) is 1. The molecule has 0 saturated heterocycles. The Labute approximate surface area is 221 Å². The van der Waals surface area contributed by atoms with E-state index in [2.05, 4.69) is 44.8 Å². The van der Waals surface area contributed by atoms with Gasteiger partial charge in [0, 0.05) is 12.1 Å². The van der Waals surface area contributed by atoms with Crippen molar-refractivity contribution in [3.8, 4) is 11.1 Å². The van der Waals surface area contributed by atoms with Gasteiger partial charge < -0.3 is 15.3 Å². The molecule has 5 heteroatoms. The minimum absolute atomic E-state index is 0.0960. The molecule has 0 atom stereocenters. The van der Waals surface area contributed by atoms with E-state index in [1.165, 1.54) is 0 Å². The highest BCUT2D eigenvalue weighted by atomic mass is 16.4. The van der Waals surface area contributed by atoms with E-state index >= 15 is 0 Å². The van der Waals surface area contributed by atoms with Gasteiger partial charge in [-0.15, -0.1) is 0 Å². The molecular weight excluding hydrogens is 460 g/mol. The number of nitrogens with one attached hydrogen (secondary N) is 1. The van der Waals surface area contributed by atoms with Crippen LogP contribution >= 0.6 is 0 Å². The fourth-order valence-electron chi connectivity index (χ4n) is 4.65. The predicted octanol–water partition coefficient (Wildman–Crippen LogP) is 7.58. The summed E-state index contributed by atoms with van der Waals surface area (Å²) in [5.41, 5.74) is 5.27. The van der Waals surface area contributed by atoms with Gasteiger partial charge in [0.05, 0.1) is 23.4 Å². The van der Waals surface area contributed by atoms with E-state index in [0.29, 0.717) is 17.2 Å². The van der Waals surface area contributed by atoms with Crippen LogP contribution in [0.4, 0.5) is 11.4 Å². The van der Waals surface area contributed by atoms with E-state index < -0.39 is 5.97 Å². The standard InChI is InChI=1S/C32H40N2O3/c1-7-32(6,8-2)34(21-22(3)4)29-18-17-25(26-11-9-10-12-27(26)31(36)37)20-28(29)33-30(35)19-24-15-13-23(5)14-16-24/h9-18,20,22H,7-8,19,21H2,1-6H3,(H,33,35)(H,36,37). The summed E-state index contributed by atoms with van der Waals surface area (Å²) in [6.45, 7) is 13.9. The van der Waals surface area contributed by atoms with Crippen LogP contribution in [0.25, 0.3) is 11.1 Å². The normalized spacial score (nSPS) is 11.4. The maximum absolute atomic E-state index is 13.3. The Balaban J connectivity index is 2.11. The van der Waals surface area contributed by atoms with Crippen molar-refractivity contribution in [2.75, 3.05) is 16.8 Å². The summed E-state index contributed by atoms with van der Waals surface area (Å²) >= 11 is 0. The lowest BCUT2D eigenvalue weighted by atomic mass is 9.90. The van der Waals surface area contributed by atoms with Gasteiger partial charge in [0.1, 0.15) is 0 Å². The summed E-state index contributed by atoms with van der Waals surface area (Å²) in [7, 11) is 0. The highest BCUT2D eigenvalue weighted by Crippen LogP contribution is 2.38. The number of rotatable bonds is 11. The van der Waals surface area contributed by atoms with Gasteiger partial charge in [0.15, 0.2) is 0 Å². The minimum Gasteiger partial charge on any atom is -0.478 e. The number of hydrogen-bond donors (Lipinski definition) is 2. The van der Waals surface area contributed by atoms with Crippen molar-refractivity contribution in [1.29, 1.82) is 0 Å². The summed E-state index contributed by atoms with van der Waals surface area (Å²) in [5.74, 6) is -0.662. The number of aryl methyl sites for hydroxylation is 1. The third-order valence-electron chi connectivity index (χ3n) is 7.24. The molecule has 37 heavy (non-hydrogen) atoms. The van der Waals surface area contributed by atoms with E-state index in [1.807, 2.05) is 61.5 Å². The van der Waals surface area contributed by atoms with Gasteiger partial charge in [-0.3, -0.25) is 4.79 Å². The Morgan fingerprint density at radius 1 is 0.973 bits per heavy atom. The SMILES string of the molecule is CCC(C)(CC)N(CC(C)C)c1ccc(-c2ccccc2C(=O)O)cc1NC(=O)Cc1ccc(C)cc1. The molecule has 0 fully saturated rings. The van der Waals surface area contributed by atoms with E-state index in [9.17, 15) is 14.7 Å². The zero-order valence-electron chi connectivity index (χ0n) is 23.0. The number of carbonyl (C=O) groups excluding carboxylic acids is 1. The van der Waals surface area contributed by atoms with E-state index in [0.717, 1.165) is 41.8 Å². The molecule has 5 nitrogen and oxygen atoms in total. The largest absolute Gasteiger partial charge is 0.478 e. The molecular formula is C32H40N2O3. The van der Waals surface area contributed by atoms with Gasteiger partial charge in [0.2, 0.25) is 5.91 Å². The maximum Gasteiger partial charge on any atom is 0.336 e. The van der Waals surface area contributed by atoms with Crippen molar-refractivity contribution in [2.45, 2.75) is 66.3 Å². The second-order valence-corrected chi connectivity index (χ2v) is 10.5. The quantitative estimate of drug-likeness (QED) is 0.285. The van der Waals surface area contributed by atoms with Crippen molar-refractivity contribution >= 4 is 23.3 Å². The summed E-state index contributed by atoms with van der Waals surface area (Å²) in [4.78, 5) is 27.6. The molecule has 0 aliphatic rings. The third-order valence-corrected chi connectivity index (χ3v) is 7.24. The Bertz CT molecular complexity index is 1230. The highest BCUT2D eigenvalue weighted by molar-refractivity contribution is 5.99. The topological polar surface area (TPSA) is 69.6 Å². The number of carboxylic acid groups (broad SMARTS) is 1. The number of amides is 1. The second kappa shape index (κ2) is 12.1. The van der Waals surface area contributed by atoms with Gasteiger partial charge in [-0.05, 0) is 67.5 Å². The molecule has 0 aliphatic carbocycles. The molecule has 0 aromatic heterocycles. The van der Waals surface area contributed by atoms with Gasteiger partial charge in [-0.1, -0.05) is 81.8 Å². The van der Waals surface area contributed by atoms with Crippen molar-refractivity contribution in [2.24, 2.45) is 5.92 Å². The minimum atomic E-state index is -0.976. The van der Waals surface area contributed by atoms with Crippen LogP contribution in [0, 0.1) is 12.8 Å². The lowest BCUT2D eigenvalue weighted by Crippen LogP contribution is -2.48. The molecule has 0 bridgehead atoms. The predicted molar refractivity (Wildman–Crippen MR) is 154 cm³/mol. The molecule has 0 radical (unpaired) electrons. The molecule has 196 valence electrons. The molecule has 1 amide bonds. The summed E-state index contributed by atoms with van der Waals surface area (Å²) in [6, 6.07) is 20.9. The van der Waals surface area contributed by atoms with Gasteiger partial charge in [0.25, 0.3) is 0 Å². The number of carbonyl (C=O) groups is 2. The fraction of sp³-hybridized carbons (Fsp3) is 0.375. The summed E-state index contributed by atoms with van der Waals surface area (Å²) in [6.07, 6.45) is 2.17. The van der Waals surface area contributed by atoms with Crippen molar-refractivity contribution in [1.82, 2.24) is 0 Å². The van der Waals surface area contributed by atoms with Crippen LogP contribution in [0.5, 0.6) is 0 Å². The van der Waals surface area contributed by atoms with Crippen LogP contribution in [0.2, 0.25) is 0 Å². The first-order chi connectivity index (χ1) is 17.6. The Morgan fingerprint density at radius 3 is 2.22 bits per heavy atom. The zero-order valence-corrected chi connectivity index (χ0v) is 23.0. The number of anilines is 2. The van der Waals surface area contributed by atoms with E-state index in [-0.39, 0.29) is 23.4 Å². The van der Waals surface area contributed by atoms with Crippen LogP contribution in [0.3, 0.4) is 0 Å². The first-order valence-electron chi connectivity index (χ1n) is 13.2. The smallest absolute Gasteiger partial charge is 0.336 e. The zero-order chi connectivity index (χ0) is 27.2. The maximum atomic E-state index is 13.3. The monoisotopic (exact) mass is 500 g/mol. The number of carboxylic acids is 1. The molecule has 3 aromatic rings. The Kier molecular flexibility index (Phi) is 9.14. The summed E-state index contributed by atoms with van der Waals surface area (Å²) < 4.78 is 0. The Morgan fingerprint density at radius 2 is 1.62 bits per heavy atom. The first kappa shape index (κ1) is 28.0.